The van der Waals surface area contributed by atoms with Crippen molar-refractivity contribution < 1.29 is 9.53 Å². The molecule has 1 fully saturated rings. The lowest BCUT2D eigenvalue weighted by molar-refractivity contribution is 0.0186. The highest BCUT2D eigenvalue weighted by Gasteiger charge is 2.26. The minimum Gasteiger partial charge on any atom is -0.444 e. The van der Waals surface area contributed by atoms with E-state index >= 15 is 0 Å². The zero-order valence-electron chi connectivity index (χ0n) is 14.3. The fourth-order valence-corrected chi connectivity index (χ4v) is 2.26. The Morgan fingerprint density at radius 2 is 1.91 bits per heavy atom. The van der Waals surface area contributed by atoms with Crippen LogP contribution in [0.2, 0.25) is 0 Å². The number of nitrogens with zero attached hydrogens (tertiary/aromatic N) is 5. The number of hydrogen-bond donors (Lipinski definition) is 1. The van der Waals surface area contributed by atoms with Crippen LogP contribution in [0.15, 0.2) is 17.3 Å². The van der Waals surface area contributed by atoms with Crippen LogP contribution in [-0.2, 0) is 18.3 Å². The molecule has 2 rings (SSSR count). The summed E-state index contributed by atoms with van der Waals surface area (Å²) in [5.74, 6) is 0.495. The lowest BCUT2D eigenvalue weighted by atomic mass is 10.2. The predicted octanol–water partition coefficient (Wildman–Crippen LogP) is 0.788. The first-order chi connectivity index (χ1) is 10.8. The topological polar surface area (TPSA) is 89.0 Å². The number of piperazine rings is 1. The number of aromatic nitrogens is 2. The van der Waals surface area contributed by atoms with E-state index in [9.17, 15) is 4.79 Å². The van der Waals surface area contributed by atoms with Gasteiger partial charge < -0.3 is 20.3 Å². The van der Waals surface area contributed by atoms with Gasteiger partial charge in [0, 0.05) is 39.4 Å². The maximum Gasteiger partial charge on any atom is 0.410 e. The molecular formula is C15H26N6O2. The van der Waals surface area contributed by atoms with E-state index in [1.807, 2.05) is 38.8 Å². The molecule has 2 heterocycles. The van der Waals surface area contributed by atoms with Gasteiger partial charge in [-0.2, -0.15) is 5.10 Å². The van der Waals surface area contributed by atoms with Crippen LogP contribution in [0, 0.1) is 0 Å². The van der Waals surface area contributed by atoms with E-state index in [0.29, 0.717) is 38.7 Å². The summed E-state index contributed by atoms with van der Waals surface area (Å²) >= 11 is 0. The van der Waals surface area contributed by atoms with Crippen LogP contribution in [0.25, 0.3) is 0 Å². The molecule has 8 heteroatoms. The van der Waals surface area contributed by atoms with Crippen molar-refractivity contribution in [2.24, 2.45) is 17.8 Å². The molecule has 2 N–H and O–H groups in total. The van der Waals surface area contributed by atoms with Crippen LogP contribution in [0.5, 0.6) is 0 Å². The first-order valence-corrected chi connectivity index (χ1v) is 7.76. The van der Waals surface area contributed by atoms with Crippen LogP contribution in [-0.4, -0.2) is 63.4 Å². The molecule has 0 saturated carbocycles. The molecule has 1 saturated heterocycles. The third-order valence-corrected chi connectivity index (χ3v) is 3.58. The van der Waals surface area contributed by atoms with Crippen molar-refractivity contribution in [2.75, 3.05) is 26.2 Å². The summed E-state index contributed by atoms with van der Waals surface area (Å²) in [4.78, 5) is 20.1. The molecule has 0 atom stereocenters. The third kappa shape index (κ3) is 4.87. The Morgan fingerprint density at radius 1 is 1.30 bits per heavy atom. The van der Waals surface area contributed by atoms with E-state index in [2.05, 4.69) is 10.1 Å². The molecule has 1 amide bonds. The predicted molar refractivity (Wildman–Crippen MR) is 87.9 cm³/mol. The number of aliphatic imine (C=N–C) groups is 1. The van der Waals surface area contributed by atoms with E-state index in [-0.39, 0.29) is 6.09 Å². The molecular weight excluding hydrogens is 296 g/mol. The standard InChI is InChI=1S/C15H26N6O2/c1-15(2,3)23-14(22)21-9-7-20(8-10-21)13(16)17-11-12-5-6-18-19(12)4/h5-6H,7-11H2,1-4H3,(H2,16,17). The van der Waals surface area contributed by atoms with Gasteiger partial charge in [-0.15, -0.1) is 0 Å². The number of carbonyl (C=O) groups excluding carboxylic acids is 1. The normalized spacial score (nSPS) is 16.6. The second kappa shape index (κ2) is 6.89. The fraction of sp³-hybridized carbons (Fsp3) is 0.667. The highest BCUT2D eigenvalue weighted by molar-refractivity contribution is 5.78. The van der Waals surface area contributed by atoms with Crippen LogP contribution >= 0.6 is 0 Å². The third-order valence-electron chi connectivity index (χ3n) is 3.58. The molecule has 0 aromatic carbocycles. The second-order valence-corrected chi connectivity index (χ2v) is 6.58. The summed E-state index contributed by atoms with van der Waals surface area (Å²) in [7, 11) is 1.88. The SMILES string of the molecule is Cn1nccc1CN=C(N)N1CCN(C(=O)OC(C)(C)C)CC1. The average Bonchev–Trinajstić information content (AvgIpc) is 2.88. The monoisotopic (exact) mass is 322 g/mol. The van der Waals surface area contributed by atoms with Crippen LogP contribution in [0.1, 0.15) is 26.5 Å². The Hall–Kier alpha value is -2.25. The summed E-state index contributed by atoms with van der Waals surface area (Å²) < 4.78 is 7.15. The van der Waals surface area contributed by atoms with Gasteiger partial charge in [-0.1, -0.05) is 0 Å². The van der Waals surface area contributed by atoms with Crippen molar-refractivity contribution in [1.29, 1.82) is 0 Å². The molecule has 0 unspecified atom stereocenters. The number of amides is 1. The van der Waals surface area contributed by atoms with Crippen molar-refractivity contribution in [3.8, 4) is 0 Å². The molecule has 8 nitrogen and oxygen atoms in total. The van der Waals surface area contributed by atoms with Crippen molar-refractivity contribution >= 4 is 12.1 Å². The number of ether oxygens (including phenoxy) is 1. The van der Waals surface area contributed by atoms with E-state index in [1.165, 1.54) is 0 Å². The highest BCUT2D eigenvalue weighted by atomic mass is 16.6. The Bertz CT molecular complexity index is 567. The van der Waals surface area contributed by atoms with Crippen LogP contribution in [0.3, 0.4) is 0 Å². The van der Waals surface area contributed by atoms with Crippen LogP contribution in [0.4, 0.5) is 4.79 Å². The molecule has 128 valence electrons. The van der Waals surface area contributed by atoms with E-state index < -0.39 is 5.60 Å². The number of guanidine groups is 1. The Balaban J connectivity index is 1.84. The average molecular weight is 322 g/mol. The molecule has 0 bridgehead atoms. The van der Waals surface area contributed by atoms with Gasteiger partial charge in [0.05, 0.1) is 12.2 Å². The number of carbonyl (C=O) groups is 1. The van der Waals surface area contributed by atoms with Gasteiger partial charge >= 0.3 is 6.09 Å². The molecule has 0 radical (unpaired) electrons. The Morgan fingerprint density at radius 3 is 2.43 bits per heavy atom. The van der Waals surface area contributed by atoms with Crippen LogP contribution < -0.4 is 5.73 Å². The maximum atomic E-state index is 12.0. The molecule has 1 aromatic heterocycles. The summed E-state index contributed by atoms with van der Waals surface area (Å²) in [6.45, 7) is 8.56. The van der Waals surface area contributed by atoms with Gasteiger partial charge in [-0.25, -0.2) is 9.79 Å². The van der Waals surface area contributed by atoms with Gasteiger partial charge in [0.25, 0.3) is 0 Å². The van der Waals surface area contributed by atoms with E-state index in [1.54, 1.807) is 15.8 Å². The fourth-order valence-electron chi connectivity index (χ4n) is 2.26. The molecule has 0 spiro atoms. The maximum absolute atomic E-state index is 12.0. The molecule has 23 heavy (non-hydrogen) atoms. The summed E-state index contributed by atoms with van der Waals surface area (Å²) in [6, 6.07) is 1.91. The minimum atomic E-state index is -0.474. The van der Waals surface area contributed by atoms with Gasteiger partial charge in [-0.3, -0.25) is 4.68 Å². The molecule has 0 aliphatic carbocycles. The largest absolute Gasteiger partial charge is 0.444 e. The number of nitrogens with two attached hydrogens (primary N) is 1. The zero-order valence-corrected chi connectivity index (χ0v) is 14.3. The van der Waals surface area contributed by atoms with E-state index in [0.717, 1.165) is 5.69 Å². The second-order valence-electron chi connectivity index (χ2n) is 6.58. The number of rotatable bonds is 2. The van der Waals surface area contributed by atoms with E-state index in [4.69, 9.17) is 10.5 Å². The molecule has 1 aliphatic rings. The first-order valence-electron chi connectivity index (χ1n) is 7.76. The summed E-state index contributed by atoms with van der Waals surface area (Å²) in [5, 5.41) is 4.10. The van der Waals surface area contributed by atoms with Crippen molar-refractivity contribution in [1.82, 2.24) is 19.6 Å². The van der Waals surface area contributed by atoms with Crippen molar-refractivity contribution in [2.45, 2.75) is 32.9 Å². The zero-order chi connectivity index (χ0) is 17.0. The molecule has 1 aliphatic heterocycles. The Labute approximate surface area is 136 Å². The molecule has 1 aromatic rings. The highest BCUT2D eigenvalue weighted by Crippen LogP contribution is 2.12. The summed E-state index contributed by atoms with van der Waals surface area (Å²) in [6.07, 6.45) is 1.46. The summed E-state index contributed by atoms with van der Waals surface area (Å²) in [5.41, 5.74) is 6.58. The quantitative estimate of drug-likeness (QED) is 0.642. The minimum absolute atomic E-state index is 0.275. The van der Waals surface area contributed by atoms with Gasteiger partial charge in [-0.05, 0) is 26.8 Å². The van der Waals surface area contributed by atoms with Gasteiger partial charge in [0.15, 0.2) is 5.96 Å². The number of hydrogen-bond acceptors (Lipinski definition) is 4. The van der Waals surface area contributed by atoms with Crippen molar-refractivity contribution in [3.63, 3.8) is 0 Å². The lowest BCUT2D eigenvalue weighted by Gasteiger charge is -2.36. The smallest absolute Gasteiger partial charge is 0.410 e. The Kier molecular flexibility index (Phi) is 5.12. The first kappa shape index (κ1) is 17.1. The van der Waals surface area contributed by atoms with Gasteiger partial charge in [0.1, 0.15) is 5.60 Å². The van der Waals surface area contributed by atoms with Gasteiger partial charge in [0.2, 0.25) is 0 Å². The van der Waals surface area contributed by atoms with Crippen molar-refractivity contribution in [3.05, 3.63) is 18.0 Å². The number of aryl methyl sites for hydroxylation is 1. The lowest BCUT2D eigenvalue weighted by Crippen LogP contribution is -2.53.